The topological polar surface area (TPSA) is 39.9 Å². The van der Waals surface area contributed by atoms with E-state index in [1.54, 1.807) is 6.33 Å². The van der Waals surface area contributed by atoms with Crippen molar-refractivity contribution in [2.45, 2.75) is 33.4 Å². The minimum atomic E-state index is 0.287. The summed E-state index contributed by atoms with van der Waals surface area (Å²) in [6.45, 7) is 6.59. The fraction of sp³-hybridized carbons (Fsp3) is 0.385. The zero-order valence-corrected chi connectivity index (χ0v) is 12.3. The van der Waals surface area contributed by atoms with Gasteiger partial charge in [0.05, 0.1) is 0 Å². The van der Waals surface area contributed by atoms with E-state index in [0.29, 0.717) is 6.61 Å². The number of nitrogens with zero attached hydrogens (tertiary/aromatic N) is 3. The Morgan fingerprint density at radius 1 is 1.39 bits per heavy atom. The van der Waals surface area contributed by atoms with Crippen LogP contribution in [0.2, 0.25) is 0 Å². The molecule has 1 aromatic heterocycles. The minimum Gasteiger partial charge on any atom is -0.485 e. The molecule has 96 valence electrons. The van der Waals surface area contributed by atoms with Crippen molar-refractivity contribution in [3.63, 3.8) is 0 Å². The quantitative estimate of drug-likeness (QED) is 0.867. The van der Waals surface area contributed by atoms with Crippen LogP contribution in [0.15, 0.2) is 29.0 Å². The lowest BCUT2D eigenvalue weighted by Crippen LogP contribution is -2.11. The van der Waals surface area contributed by atoms with Crippen molar-refractivity contribution in [3.8, 4) is 5.75 Å². The fourth-order valence-corrected chi connectivity index (χ4v) is 2.02. The molecule has 0 saturated carbocycles. The molecule has 2 aromatic rings. The Morgan fingerprint density at radius 3 is 2.89 bits per heavy atom. The lowest BCUT2D eigenvalue weighted by Gasteiger charge is -2.12. The predicted molar refractivity (Wildman–Crippen MR) is 73.6 cm³/mol. The molecule has 0 N–H and O–H groups in total. The molecule has 1 aromatic carbocycles. The normalized spacial score (nSPS) is 10.9. The summed E-state index contributed by atoms with van der Waals surface area (Å²) < 4.78 is 8.68. The highest BCUT2D eigenvalue weighted by Gasteiger charge is 2.09. The Labute approximate surface area is 115 Å². The highest BCUT2D eigenvalue weighted by atomic mass is 79.9. The van der Waals surface area contributed by atoms with E-state index in [1.807, 2.05) is 29.8 Å². The number of hydrogen-bond donors (Lipinski definition) is 0. The van der Waals surface area contributed by atoms with Crippen molar-refractivity contribution >= 4 is 15.9 Å². The molecule has 18 heavy (non-hydrogen) atoms. The van der Waals surface area contributed by atoms with Crippen LogP contribution in [0.1, 0.15) is 31.3 Å². The summed E-state index contributed by atoms with van der Waals surface area (Å²) >= 11 is 3.44. The predicted octanol–water partition coefficient (Wildman–Crippen LogP) is 3.51. The van der Waals surface area contributed by atoms with Gasteiger partial charge in [0.2, 0.25) is 0 Å². The van der Waals surface area contributed by atoms with Crippen LogP contribution < -0.4 is 4.74 Å². The first kappa shape index (κ1) is 13.1. The number of aryl methyl sites for hydroxylation is 1. The Balaban J connectivity index is 2.11. The third-order valence-corrected chi connectivity index (χ3v) is 3.14. The number of ether oxygens (including phenoxy) is 1. The average Bonchev–Trinajstić information content (AvgIpc) is 2.79. The number of halogens is 1. The largest absolute Gasteiger partial charge is 0.485 e. The van der Waals surface area contributed by atoms with Gasteiger partial charge in [0.15, 0.2) is 5.82 Å². The second-order valence-corrected chi connectivity index (χ2v) is 5.33. The van der Waals surface area contributed by atoms with E-state index in [-0.39, 0.29) is 6.04 Å². The van der Waals surface area contributed by atoms with Gasteiger partial charge in [-0.1, -0.05) is 22.0 Å². The molecule has 0 radical (unpaired) electrons. The van der Waals surface area contributed by atoms with Gasteiger partial charge in [-0.3, -0.25) is 0 Å². The van der Waals surface area contributed by atoms with Gasteiger partial charge >= 0.3 is 0 Å². The van der Waals surface area contributed by atoms with Gasteiger partial charge in [0, 0.05) is 10.5 Å². The van der Waals surface area contributed by atoms with E-state index < -0.39 is 0 Å². The number of benzene rings is 1. The van der Waals surface area contributed by atoms with Crippen molar-refractivity contribution in [1.82, 2.24) is 14.8 Å². The summed E-state index contributed by atoms with van der Waals surface area (Å²) in [7, 11) is 0. The van der Waals surface area contributed by atoms with Gasteiger partial charge in [-0.2, -0.15) is 5.10 Å². The lowest BCUT2D eigenvalue weighted by atomic mass is 10.2. The molecule has 0 spiro atoms. The van der Waals surface area contributed by atoms with E-state index >= 15 is 0 Å². The molecule has 1 heterocycles. The standard InChI is InChI=1S/C13H16BrN3O/c1-9(2)17-13(15-8-16-17)7-18-12-6-11(14)5-4-10(12)3/h4-6,8-9H,7H2,1-3H3. The number of aromatic nitrogens is 3. The maximum absolute atomic E-state index is 5.80. The Morgan fingerprint density at radius 2 is 2.17 bits per heavy atom. The maximum atomic E-state index is 5.80. The van der Waals surface area contributed by atoms with Crippen molar-refractivity contribution in [1.29, 1.82) is 0 Å². The van der Waals surface area contributed by atoms with Crippen molar-refractivity contribution in [2.75, 3.05) is 0 Å². The maximum Gasteiger partial charge on any atom is 0.165 e. The van der Waals surface area contributed by atoms with E-state index in [1.165, 1.54) is 0 Å². The molecule has 0 aliphatic carbocycles. The summed E-state index contributed by atoms with van der Waals surface area (Å²) in [5.41, 5.74) is 1.11. The van der Waals surface area contributed by atoms with Crippen LogP contribution in [-0.2, 0) is 6.61 Å². The zero-order chi connectivity index (χ0) is 13.1. The minimum absolute atomic E-state index is 0.287. The highest BCUT2D eigenvalue weighted by molar-refractivity contribution is 9.10. The Bertz CT molecular complexity index is 537. The summed E-state index contributed by atoms with van der Waals surface area (Å²) in [6.07, 6.45) is 1.56. The van der Waals surface area contributed by atoms with Gasteiger partial charge in [-0.05, 0) is 38.5 Å². The smallest absolute Gasteiger partial charge is 0.165 e. The fourth-order valence-electron chi connectivity index (χ4n) is 1.68. The van der Waals surface area contributed by atoms with E-state index in [4.69, 9.17) is 4.74 Å². The van der Waals surface area contributed by atoms with Crippen molar-refractivity contribution < 1.29 is 4.74 Å². The molecule has 0 unspecified atom stereocenters. The first-order valence-electron chi connectivity index (χ1n) is 5.85. The highest BCUT2D eigenvalue weighted by Crippen LogP contribution is 2.23. The molecule has 0 saturated heterocycles. The summed E-state index contributed by atoms with van der Waals surface area (Å²) in [5, 5.41) is 4.18. The molecule has 0 aliphatic rings. The molecule has 0 atom stereocenters. The van der Waals surface area contributed by atoms with Gasteiger partial charge in [-0.25, -0.2) is 9.67 Å². The van der Waals surface area contributed by atoms with Crippen molar-refractivity contribution in [2.24, 2.45) is 0 Å². The van der Waals surface area contributed by atoms with E-state index in [0.717, 1.165) is 21.6 Å². The van der Waals surface area contributed by atoms with Crippen LogP contribution in [-0.4, -0.2) is 14.8 Å². The van der Waals surface area contributed by atoms with E-state index in [9.17, 15) is 0 Å². The van der Waals surface area contributed by atoms with Crippen LogP contribution >= 0.6 is 15.9 Å². The monoisotopic (exact) mass is 309 g/mol. The summed E-state index contributed by atoms with van der Waals surface area (Å²) in [6, 6.07) is 6.27. The number of hydrogen-bond acceptors (Lipinski definition) is 3. The lowest BCUT2D eigenvalue weighted by molar-refractivity contribution is 0.280. The summed E-state index contributed by atoms with van der Waals surface area (Å²) in [4.78, 5) is 4.22. The van der Waals surface area contributed by atoms with Crippen LogP contribution in [0.4, 0.5) is 0 Å². The molecule has 2 rings (SSSR count). The second-order valence-electron chi connectivity index (χ2n) is 4.41. The molecular weight excluding hydrogens is 294 g/mol. The van der Waals surface area contributed by atoms with Gasteiger partial charge in [0.25, 0.3) is 0 Å². The zero-order valence-electron chi connectivity index (χ0n) is 10.7. The van der Waals surface area contributed by atoms with Crippen LogP contribution in [0.25, 0.3) is 0 Å². The second kappa shape index (κ2) is 5.52. The molecule has 4 nitrogen and oxygen atoms in total. The molecule has 0 aliphatic heterocycles. The third kappa shape index (κ3) is 2.90. The Kier molecular flexibility index (Phi) is 4.01. The van der Waals surface area contributed by atoms with Gasteiger partial charge in [-0.15, -0.1) is 0 Å². The average molecular weight is 310 g/mol. The first-order chi connectivity index (χ1) is 8.58. The molecule has 0 fully saturated rings. The SMILES string of the molecule is Cc1ccc(Br)cc1OCc1ncnn1C(C)C. The van der Waals surface area contributed by atoms with Crippen LogP contribution in [0, 0.1) is 6.92 Å². The molecule has 5 heteroatoms. The third-order valence-electron chi connectivity index (χ3n) is 2.64. The van der Waals surface area contributed by atoms with Crippen molar-refractivity contribution in [3.05, 3.63) is 40.4 Å². The van der Waals surface area contributed by atoms with E-state index in [2.05, 4.69) is 39.9 Å². The summed E-state index contributed by atoms with van der Waals surface area (Å²) in [5.74, 6) is 1.70. The molecule has 0 amide bonds. The molecular formula is C13H16BrN3O. The first-order valence-corrected chi connectivity index (χ1v) is 6.64. The van der Waals surface area contributed by atoms with Crippen LogP contribution in [0.3, 0.4) is 0 Å². The van der Waals surface area contributed by atoms with Gasteiger partial charge < -0.3 is 4.74 Å². The number of rotatable bonds is 4. The van der Waals surface area contributed by atoms with Crippen LogP contribution in [0.5, 0.6) is 5.75 Å². The molecule has 0 bridgehead atoms. The Hall–Kier alpha value is -1.36. The van der Waals surface area contributed by atoms with Gasteiger partial charge in [0.1, 0.15) is 18.7 Å².